The van der Waals surface area contributed by atoms with Gasteiger partial charge in [0.25, 0.3) is 0 Å². The molecular formula is C16H20N2O3. The quantitative estimate of drug-likeness (QED) is 0.822. The first-order chi connectivity index (χ1) is 10.2. The molecule has 0 radical (unpaired) electrons. The van der Waals surface area contributed by atoms with Gasteiger partial charge in [-0.05, 0) is 30.7 Å². The minimum Gasteiger partial charge on any atom is -0.497 e. The lowest BCUT2D eigenvalue weighted by atomic mass is 10.2. The summed E-state index contributed by atoms with van der Waals surface area (Å²) in [5.41, 5.74) is 0.856. The Kier molecular flexibility index (Phi) is 5.26. The molecule has 0 bridgehead atoms. The van der Waals surface area contributed by atoms with E-state index in [0.717, 1.165) is 17.2 Å². The molecule has 112 valence electrons. The standard InChI is InChI=1S/C16H20N2O3/c1-3-15(16(19)17-11-14-8-5-9-21-14)18-12-6-4-7-13(10-12)20-2/h4-10,15,18H,3,11H2,1-2H3,(H,17,19). The maximum atomic E-state index is 12.2. The minimum atomic E-state index is -0.299. The molecule has 1 aromatic heterocycles. The molecule has 2 aromatic rings. The molecule has 2 rings (SSSR count). The molecule has 1 amide bonds. The highest BCUT2D eigenvalue weighted by molar-refractivity contribution is 5.84. The van der Waals surface area contributed by atoms with Crippen LogP contribution in [0.2, 0.25) is 0 Å². The number of benzene rings is 1. The van der Waals surface area contributed by atoms with E-state index in [1.54, 1.807) is 19.4 Å². The van der Waals surface area contributed by atoms with Gasteiger partial charge in [-0.25, -0.2) is 0 Å². The number of furan rings is 1. The molecule has 21 heavy (non-hydrogen) atoms. The molecule has 0 aliphatic rings. The summed E-state index contributed by atoms with van der Waals surface area (Å²) in [6.07, 6.45) is 2.27. The molecule has 1 atom stereocenters. The summed E-state index contributed by atoms with van der Waals surface area (Å²) in [5, 5.41) is 6.07. The van der Waals surface area contributed by atoms with Crippen molar-refractivity contribution in [3.63, 3.8) is 0 Å². The van der Waals surface area contributed by atoms with Crippen LogP contribution < -0.4 is 15.4 Å². The summed E-state index contributed by atoms with van der Waals surface area (Å²) >= 11 is 0. The van der Waals surface area contributed by atoms with Crippen molar-refractivity contribution in [2.75, 3.05) is 12.4 Å². The SMILES string of the molecule is CCC(Nc1cccc(OC)c1)C(=O)NCc1ccco1. The fourth-order valence-corrected chi connectivity index (χ4v) is 1.98. The van der Waals surface area contributed by atoms with Gasteiger partial charge in [-0.2, -0.15) is 0 Å². The zero-order chi connectivity index (χ0) is 15.1. The number of hydrogen-bond donors (Lipinski definition) is 2. The van der Waals surface area contributed by atoms with E-state index in [0.29, 0.717) is 13.0 Å². The van der Waals surface area contributed by atoms with Crippen LogP contribution in [-0.2, 0) is 11.3 Å². The minimum absolute atomic E-state index is 0.0586. The molecule has 5 nitrogen and oxygen atoms in total. The van der Waals surface area contributed by atoms with E-state index in [-0.39, 0.29) is 11.9 Å². The average Bonchev–Trinajstić information content (AvgIpc) is 3.04. The van der Waals surface area contributed by atoms with Crippen LogP contribution in [0.25, 0.3) is 0 Å². The Hall–Kier alpha value is -2.43. The summed E-state index contributed by atoms with van der Waals surface area (Å²) in [4.78, 5) is 12.2. The van der Waals surface area contributed by atoms with E-state index in [1.807, 2.05) is 37.3 Å². The van der Waals surface area contributed by atoms with Crippen molar-refractivity contribution in [1.82, 2.24) is 5.32 Å². The number of anilines is 1. The maximum Gasteiger partial charge on any atom is 0.242 e. The number of carbonyl (C=O) groups excluding carboxylic acids is 1. The second kappa shape index (κ2) is 7.38. The van der Waals surface area contributed by atoms with Crippen LogP contribution >= 0.6 is 0 Å². The van der Waals surface area contributed by atoms with Crippen molar-refractivity contribution in [2.45, 2.75) is 25.9 Å². The second-order valence-corrected chi connectivity index (χ2v) is 4.63. The number of carbonyl (C=O) groups is 1. The number of nitrogens with one attached hydrogen (secondary N) is 2. The molecular weight excluding hydrogens is 268 g/mol. The van der Waals surface area contributed by atoms with Crippen LogP contribution in [-0.4, -0.2) is 19.1 Å². The van der Waals surface area contributed by atoms with E-state index in [1.165, 1.54) is 0 Å². The first-order valence-electron chi connectivity index (χ1n) is 6.93. The predicted molar refractivity (Wildman–Crippen MR) is 81.3 cm³/mol. The fraction of sp³-hybridized carbons (Fsp3) is 0.312. The van der Waals surface area contributed by atoms with Gasteiger partial charge in [0, 0.05) is 11.8 Å². The molecule has 1 heterocycles. The van der Waals surface area contributed by atoms with Crippen LogP contribution in [0.3, 0.4) is 0 Å². The lowest BCUT2D eigenvalue weighted by Crippen LogP contribution is -2.38. The summed E-state index contributed by atoms with van der Waals surface area (Å²) in [6, 6.07) is 10.8. The van der Waals surface area contributed by atoms with Gasteiger partial charge in [0.05, 0.1) is 19.9 Å². The molecule has 1 unspecified atom stereocenters. The number of rotatable bonds is 7. The summed E-state index contributed by atoms with van der Waals surface area (Å²) < 4.78 is 10.4. The Bertz CT molecular complexity index is 567. The van der Waals surface area contributed by atoms with Gasteiger partial charge in [-0.1, -0.05) is 13.0 Å². The Morgan fingerprint density at radius 3 is 2.86 bits per heavy atom. The molecule has 0 saturated carbocycles. The molecule has 2 N–H and O–H groups in total. The average molecular weight is 288 g/mol. The molecule has 1 aromatic carbocycles. The largest absolute Gasteiger partial charge is 0.497 e. The number of hydrogen-bond acceptors (Lipinski definition) is 4. The molecule has 0 spiro atoms. The van der Waals surface area contributed by atoms with Crippen molar-refractivity contribution in [2.24, 2.45) is 0 Å². The van der Waals surface area contributed by atoms with Crippen LogP contribution in [0.4, 0.5) is 5.69 Å². The highest BCUT2D eigenvalue weighted by Crippen LogP contribution is 2.18. The van der Waals surface area contributed by atoms with Crippen molar-refractivity contribution in [3.8, 4) is 5.75 Å². The van der Waals surface area contributed by atoms with Gasteiger partial charge < -0.3 is 19.8 Å². The lowest BCUT2D eigenvalue weighted by Gasteiger charge is -2.18. The number of methoxy groups -OCH3 is 1. The fourth-order valence-electron chi connectivity index (χ4n) is 1.98. The Labute approximate surface area is 124 Å². The topological polar surface area (TPSA) is 63.5 Å². The molecule has 0 fully saturated rings. The highest BCUT2D eigenvalue weighted by Gasteiger charge is 2.16. The first kappa shape index (κ1) is 15.0. The highest BCUT2D eigenvalue weighted by atomic mass is 16.5. The molecule has 0 saturated heterocycles. The summed E-state index contributed by atoms with van der Waals surface area (Å²) in [5.74, 6) is 1.43. The van der Waals surface area contributed by atoms with Gasteiger partial charge in [-0.15, -0.1) is 0 Å². The predicted octanol–water partition coefficient (Wildman–Crippen LogP) is 2.80. The zero-order valence-electron chi connectivity index (χ0n) is 12.3. The van der Waals surface area contributed by atoms with E-state index < -0.39 is 0 Å². The van der Waals surface area contributed by atoms with Crippen molar-refractivity contribution in [3.05, 3.63) is 48.4 Å². The van der Waals surface area contributed by atoms with Crippen LogP contribution in [0.1, 0.15) is 19.1 Å². The number of ether oxygens (including phenoxy) is 1. The van der Waals surface area contributed by atoms with Crippen LogP contribution in [0.5, 0.6) is 5.75 Å². The van der Waals surface area contributed by atoms with Crippen molar-refractivity contribution >= 4 is 11.6 Å². The van der Waals surface area contributed by atoms with Crippen LogP contribution in [0, 0.1) is 0 Å². The zero-order valence-corrected chi connectivity index (χ0v) is 12.3. The van der Waals surface area contributed by atoms with Crippen molar-refractivity contribution < 1.29 is 13.9 Å². The normalized spacial score (nSPS) is 11.7. The smallest absolute Gasteiger partial charge is 0.242 e. The van der Waals surface area contributed by atoms with Gasteiger partial charge in [0.15, 0.2) is 0 Å². The summed E-state index contributed by atoms with van der Waals surface area (Å²) in [6.45, 7) is 2.35. The maximum absolute atomic E-state index is 12.2. The monoisotopic (exact) mass is 288 g/mol. The van der Waals surface area contributed by atoms with E-state index in [9.17, 15) is 4.79 Å². The van der Waals surface area contributed by atoms with Gasteiger partial charge in [0.2, 0.25) is 5.91 Å². The van der Waals surface area contributed by atoms with E-state index in [2.05, 4.69) is 10.6 Å². The first-order valence-corrected chi connectivity index (χ1v) is 6.93. The second-order valence-electron chi connectivity index (χ2n) is 4.63. The molecule has 0 aliphatic carbocycles. The van der Waals surface area contributed by atoms with Gasteiger partial charge in [0.1, 0.15) is 17.6 Å². The molecule has 5 heteroatoms. The van der Waals surface area contributed by atoms with Crippen molar-refractivity contribution in [1.29, 1.82) is 0 Å². The third kappa shape index (κ3) is 4.27. The van der Waals surface area contributed by atoms with Gasteiger partial charge in [-0.3, -0.25) is 4.79 Å². The van der Waals surface area contributed by atoms with E-state index >= 15 is 0 Å². The number of amides is 1. The van der Waals surface area contributed by atoms with E-state index in [4.69, 9.17) is 9.15 Å². The molecule has 0 aliphatic heterocycles. The van der Waals surface area contributed by atoms with Gasteiger partial charge >= 0.3 is 0 Å². The lowest BCUT2D eigenvalue weighted by molar-refractivity contribution is -0.122. The third-order valence-electron chi connectivity index (χ3n) is 3.15. The summed E-state index contributed by atoms with van der Waals surface area (Å²) in [7, 11) is 1.62. The third-order valence-corrected chi connectivity index (χ3v) is 3.15. The van der Waals surface area contributed by atoms with Crippen LogP contribution in [0.15, 0.2) is 47.1 Å². The Morgan fingerprint density at radius 1 is 1.33 bits per heavy atom. The Balaban J connectivity index is 1.93. The Morgan fingerprint density at radius 2 is 2.19 bits per heavy atom.